The number of nitrogens with zero attached hydrogens (tertiary/aromatic N) is 3. The fourth-order valence-corrected chi connectivity index (χ4v) is 5.86. The van der Waals surface area contributed by atoms with Gasteiger partial charge in [-0.1, -0.05) is 120 Å². The average Bonchev–Trinajstić information content (AvgIpc) is 3.04. The van der Waals surface area contributed by atoms with Crippen molar-refractivity contribution in [3.63, 3.8) is 0 Å². The monoisotopic (exact) mass is 660 g/mol. The molecule has 0 bridgehead atoms. The molecule has 282 valence electrons. The fraction of sp³-hybridized carbons (Fsp3) is 1.00. The summed E-state index contributed by atoms with van der Waals surface area (Å²) in [5.74, 6) is 0. The summed E-state index contributed by atoms with van der Waals surface area (Å²) >= 11 is 0. The van der Waals surface area contributed by atoms with E-state index in [9.17, 15) is 0 Å². The Morgan fingerprint density at radius 1 is 0.283 bits per heavy atom. The Morgan fingerprint density at radius 2 is 0.370 bits per heavy atom. The Bertz CT molecular complexity index is 427. The molecule has 0 rings (SSSR count). The maximum absolute atomic E-state index is 8.42. The van der Waals surface area contributed by atoms with Crippen LogP contribution in [-0.4, -0.2) is 101 Å². The van der Waals surface area contributed by atoms with Crippen LogP contribution in [0.4, 0.5) is 0 Å². The summed E-state index contributed by atoms with van der Waals surface area (Å²) < 4.78 is 3.94. The van der Waals surface area contributed by atoms with Gasteiger partial charge in [-0.2, -0.15) is 0 Å². The van der Waals surface area contributed by atoms with Crippen molar-refractivity contribution >= 4 is 7.32 Å². The Labute approximate surface area is 293 Å². The molecule has 0 atom stereocenters. The maximum atomic E-state index is 8.42. The molecule has 46 heavy (non-hydrogen) atoms. The fourth-order valence-electron chi connectivity index (χ4n) is 5.86. The van der Waals surface area contributed by atoms with Crippen molar-refractivity contribution in [2.75, 3.05) is 80.0 Å². The normalized spacial score (nSPS) is 11.5. The number of hydrogen-bond donors (Lipinski definition) is 0. The first-order valence-electron chi connectivity index (χ1n) is 20.3. The van der Waals surface area contributed by atoms with E-state index in [0.717, 1.165) is 0 Å². The highest BCUT2D eigenvalue weighted by Gasteiger charge is 2.20. The zero-order chi connectivity index (χ0) is 36.2. The average molecular weight is 660 g/mol. The van der Waals surface area contributed by atoms with Gasteiger partial charge in [0.05, 0.1) is 80.0 Å². The third kappa shape index (κ3) is 40.0. The lowest BCUT2D eigenvalue weighted by atomic mass is 10.2. The largest absolute Gasteiger partial charge is 0.907 e. The number of quaternary nitrogens is 3. The molecule has 0 aliphatic rings. The molecule has 0 N–H and O–H groups in total. The number of rotatable bonds is 27. The van der Waals surface area contributed by atoms with Crippen LogP contribution in [0.5, 0.6) is 0 Å². The molecule has 0 amide bonds. The molecule has 0 fully saturated rings. The molecule has 0 aliphatic heterocycles. The molecule has 0 aromatic carbocycles. The van der Waals surface area contributed by atoms with Crippen molar-refractivity contribution in [1.29, 1.82) is 0 Å². The van der Waals surface area contributed by atoms with Crippen molar-refractivity contribution in [1.82, 2.24) is 0 Å². The highest BCUT2D eigenvalue weighted by Crippen LogP contribution is 2.13. The second-order valence-electron chi connectivity index (χ2n) is 14.8. The molecule has 0 heterocycles. The van der Waals surface area contributed by atoms with Gasteiger partial charge in [-0.3, -0.25) is 7.32 Å². The summed E-state index contributed by atoms with van der Waals surface area (Å²) in [4.78, 5) is 0. The van der Waals surface area contributed by atoms with Gasteiger partial charge in [0.1, 0.15) is 0 Å². The molecular formula is C39H90BN3O3. The lowest BCUT2D eigenvalue weighted by Gasteiger charge is -2.35. The predicted octanol–water partition coefficient (Wildman–Crippen LogP) is 7.55. The molecular weight excluding hydrogens is 569 g/mol. The third-order valence-corrected chi connectivity index (χ3v) is 9.46. The van der Waals surface area contributed by atoms with E-state index in [-0.39, 0.29) is 0 Å². The molecule has 6 nitrogen and oxygen atoms in total. The topological polar surface area (TPSA) is 69.2 Å². The summed E-state index contributed by atoms with van der Waals surface area (Å²) in [6.45, 7) is 33.1. The van der Waals surface area contributed by atoms with E-state index in [4.69, 9.17) is 15.1 Å². The summed E-state index contributed by atoms with van der Waals surface area (Å²) in [7, 11) is 4.42. The van der Waals surface area contributed by atoms with Crippen LogP contribution in [0.1, 0.15) is 178 Å². The van der Waals surface area contributed by atoms with Crippen LogP contribution in [0.25, 0.3) is 0 Å². The second kappa shape index (κ2) is 37.6. The van der Waals surface area contributed by atoms with Gasteiger partial charge in [0, 0.05) is 0 Å². The first-order chi connectivity index (χ1) is 21.8. The van der Waals surface area contributed by atoms with Gasteiger partial charge in [0.25, 0.3) is 0 Å². The smallest absolute Gasteiger partial charge is 0.0784 e. The van der Waals surface area contributed by atoms with Gasteiger partial charge in [-0.25, -0.2) is 0 Å². The minimum Gasteiger partial charge on any atom is -0.907 e. The minimum atomic E-state index is -2.92. The Morgan fingerprint density at radius 3 is 0.435 bits per heavy atom. The third-order valence-electron chi connectivity index (χ3n) is 9.46. The van der Waals surface area contributed by atoms with Crippen LogP contribution in [0.3, 0.4) is 0 Å². The lowest BCUT2D eigenvalue weighted by Crippen LogP contribution is -2.56. The van der Waals surface area contributed by atoms with E-state index in [1.54, 1.807) is 0 Å². The maximum Gasteiger partial charge on any atom is 0.0784 e. The molecule has 0 aromatic rings. The van der Waals surface area contributed by atoms with Crippen LogP contribution in [-0.2, 0) is 0 Å². The van der Waals surface area contributed by atoms with Gasteiger partial charge in [-0.05, 0) is 57.8 Å². The molecule has 0 aromatic heterocycles. The van der Waals surface area contributed by atoms with E-state index < -0.39 is 7.32 Å². The Balaban J connectivity index is -0.000000271. The lowest BCUT2D eigenvalue weighted by molar-refractivity contribution is -0.910. The molecule has 0 radical (unpaired) electrons. The van der Waals surface area contributed by atoms with E-state index in [1.165, 1.54) is 188 Å². The molecule has 0 aliphatic carbocycles. The zero-order valence-electron chi connectivity index (χ0n) is 34.2. The van der Waals surface area contributed by atoms with Crippen LogP contribution in [0.2, 0.25) is 0 Å². The molecule has 0 spiro atoms. The highest BCUT2D eigenvalue weighted by atomic mass is 16.5. The van der Waals surface area contributed by atoms with Crippen molar-refractivity contribution in [3.05, 3.63) is 0 Å². The van der Waals surface area contributed by atoms with E-state index in [1.807, 2.05) is 0 Å². The summed E-state index contributed by atoms with van der Waals surface area (Å²) in [5, 5.41) is 25.2. The van der Waals surface area contributed by atoms with E-state index in [2.05, 4.69) is 83.5 Å². The van der Waals surface area contributed by atoms with E-state index >= 15 is 0 Å². The molecule has 7 heteroatoms. The van der Waals surface area contributed by atoms with Crippen LogP contribution < -0.4 is 15.1 Å². The first kappa shape index (κ1) is 52.6. The van der Waals surface area contributed by atoms with Crippen molar-refractivity contribution in [2.45, 2.75) is 178 Å². The summed E-state index contributed by atoms with van der Waals surface area (Å²) in [6, 6.07) is 0. The number of unbranched alkanes of at least 4 members (excludes halogenated alkanes) is 9. The second-order valence-corrected chi connectivity index (χ2v) is 14.8. The standard InChI is InChI=1S/3C13H30N.BO3/c3*1-5-8-11-14(4,12-9-6-2)13-10-7-3;2-1(3)4/h3*5-13H2,1-4H3;/q3*+1;-3. The predicted molar refractivity (Wildman–Crippen MR) is 202 cm³/mol. The summed E-state index contributed by atoms with van der Waals surface area (Å²) in [5.41, 5.74) is 0. The van der Waals surface area contributed by atoms with E-state index in [0.29, 0.717) is 0 Å². The first-order valence-corrected chi connectivity index (χ1v) is 20.3. The zero-order valence-corrected chi connectivity index (χ0v) is 34.2. The summed E-state index contributed by atoms with van der Waals surface area (Å²) in [6.07, 6.45) is 24.6. The molecule has 0 saturated carbocycles. The van der Waals surface area contributed by atoms with Crippen molar-refractivity contribution in [3.8, 4) is 0 Å². The Kier molecular flexibility index (Phi) is 43.1. The van der Waals surface area contributed by atoms with Crippen LogP contribution in [0.15, 0.2) is 0 Å². The van der Waals surface area contributed by atoms with Crippen molar-refractivity contribution < 1.29 is 28.5 Å². The quantitative estimate of drug-likeness (QED) is 0.0676. The SMILES string of the molecule is CCCC[N+](C)(CCCC)CCCC.CCCC[N+](C)(CCCC)CCCC.CCCC[N+](C)(CCCC)CCCC.[O-]B([O-])[O-]. The highest BCUT2D eigenvalue weighted by molar-refractivity contribution is 6.24. The van der Waals surface area contributed by atoms with Gasteiger partial charge in [0.15, 0.2) is 0 Å². The van der Waals surface area contributed by atoms with Gasteiger partial charge < -0.3 is 28.5 Å². The van der Waals surface area contributed by atoms with Gasteiger partial charge >= 0.3 is 0 Å². The van der Waals surface area contributed by atoms with Crippen LogP contribution >= 0.6 is 0 Å². The minimum absolute atomic E-state index is 1.32. The molecule has 0 unspecified atom stereocenters. The van der Waals surface area contributed by atoms with Crippen molar-refractivity contribution in [2.24, 2.45) is 0 Å². The van der Waals surface area contributed by atoms with Gasteiger partial charge in [0.2, 0.25) is 0 Å². The van der Waals surface area contributed by atoms with Gasteiger partial charge in [-0.15, -0.1) is 0 Å². The van der Waals surface area contributed by atoms with Crippen LogP contribution in [0, 0.1) is 0 Å². The molecule has 0 saturated heterocycles. The Hall–Kier alpha value is -0.175. The number of hydrogen-bond acceptors (Lipinski definition) is 3.